The van der Waals surface area contributed by atoms with E-state index < -0.39 is 0 Å². The van der Waals surface area contributed by atoms with Crippen LogP contribution in [-0.4, -0.2) is 10.6 Å². The fraction of sp³-hybridized carbons (Fsp3) is 0.500. The number of aromatic hydroxyl groups is 1. The summed E-state index contributed by atoms with van der Waals surface area (Å²) in [6.45, 7) is 4.46. The van der Waals surface area contributed by atoms with Gasteiger partial charge < -0.3 is 10.4 Å². The minimum Gasteiger partial charge on any atom is -0.508 e. The average Bonchev–Trinajstić information content (AvgIpc) is 2.19. The quantitative estimate of drug-likeness (QED) is 0.669. The maximum atomic E-state index is 9.35. The summed E-state index contributed by atoms with van der Waals surface area (Å²) in [6.07, 6.45) is 3.33. The van der Waals surface area contributed by atoms with E-state index in [1.807, 2.05) is 12.1 Å². The van der Waals surface area contributed by atoms with Gasteiger partial charge in [0, 0.05) is 11.2 Å². The Bertz CT molecular complexity index is 348. The minimum atomic E-state index is 0.226. The molecular weight excluding hydrogens is 174 g/mol. The van der Waals surface area contributed by atoms with Gasteiger partial charge in [-0.3, -0.25) is 0 Å². The van der Waals surface area contributed by atoms with Gasteiger partial charge in [0.15, 0.2) is 0 Å². The number of anilines is 1. The van der Waals surface area contributed by atoms with E-state index in [1.54, 1.807) is 6.07 Å². The van der Waals surface area contributed by atoms with Crippen LogP contribution in [0.2, 0.25) is 0 Å². The lowest BCUT2D eigenvalue weighted by Gasteiger charge is -2.36. The molecule has 0 fully saturated rings. The van der Waals surface area contributed by atoms with Crippen LogP contribution in [0.25, 0.3) is 0 Å². The Morgan fingerprint density at radius 3 is 3.00 bits per heavy atom. The first-order valence-corrected chi connectivity index (χ1v) is 5.23. The summed E-state index contributed by atoms with van der Waals surface area (Å²) in [5.41, 5.74) is 2.64. The lowest BCUT2D eigenvalue weighted by Crippen LogP contribution is -2.37. The largest absolute Gasteiger partial charge is 0.508 e. The fourth-order valence-corrected chi connectivity index (χ4v) is 1.97. The third-order valence-electron chi connectivity index (χ3n) is 3.25. The Balaban J connectivity index is 2.31. The molecule has 1 atom stereocenters. The number of phenolic OH excluding ortho intramolecular Hbond substituents is 1. The molecule has 0 saturated heterocycles. The zero-order valence-corrected chi connectivity index (χ0v) is 8.80. The third kappa shape index (κ3) is 1.57. The molecule has 1 aromatic carbocycles. The normalized spacial score (nSPS) is 25.3. The van der Waals surface area contributed by atoms with E-state index in [-0.39, 0.29) is 5.54 Å². The van der Waals surface area contributed by atoms with Crippen LogP contribution in [0.15, 0.2) is 18.2 Å². The summed E-state index contributed by atoms with van der Waals surface area (Å²) in [4.78, 5) is 0. The summed E-state index contributed by atoms with van der Waals surface area (Å²) >= 11 is 0. The smallest absolute Gasteiger partial charge is 0.116 e. The Labute approximate surface area is 85.0 Å². The summed E-state index contributed by atoms with van der Waals surface area (Å²) in [6, 6.07) is 5.57. The molecule has 1 aliphatic heterocycles. The van der Waals surface area contributed by atoms with E-state index in [0.29, 0.717) is 5.75 Å². The van der Waals surface area contributed by atoms with Crippen LogP contribution in [-0.2, 0) is 6.42 Å². The van der Waals surface area contributed by atoms with Crippen LogP contribution in [0.5, 0.6) is 5.75 Å². The lowest BCUT2D eigenvalue weighted by atomic mass is 9.86. The van der Waals surface area contributed by atoms with Crippen LogP contribution < -0.4 is 5.32 Å². The first-order chi connectivity index (χ1) is 6.63. The molecular formula is C12H17NO. The van der Waals surface area contributed by atoms with Crippen molar-refractivity contribution in [2.45, 2.75) is 38.6 Å². The van der Waals surface area contributed by atoms with Crippen molar-refractivity contribution >= 4 is 5.69 Å². The van der Waals surface area contributed by atoms with Crippen LogP contribution in [0.3, 0.4) is 0 Å². The SMILES string of the molecule is CCC1(C)CCc2cc(O)ccc2N1. The van der Waals surface area contributed by atoms with E-state index >= 15 is 0 Å². The van der Waals surface area contributed by atoms with Gasteiger partial charge in [-0.1, -0.05) is 6.92 Å². The minimum absolute atomic E-state index is 0.226. The van der Waals surface area contributed by atoms with Crippen molar-refractivity contribution in [1.29, 1.82) is 0 Å². The maximum Gasteiger partial charge on any atom is 0.116 e. The van der Waals surface area contributed by atoms with E-state index in [9.17, 15) is 5.11 Å². The van der Waals surface area contributed by atoms with Gasteiger partial charge in [0.2, 0.25) is 0 Å². The van der Waals surface area contributed by atoms with Crippen molar-refractivity contribution in [3.8, 4) is 5.75 Å². The second kappa shape index (κ2) is 3.19. The van der Waals surface area contributed by atoms with Gasteiger partial charge in [0.25, 0.3) is 0 Å². The highest BCUT2D eigenvalue weighted by Crippen LogP contribution is 2.34. The molecule has 0 saturated carbocycles. The van der Waals surface area contributed by atoms with Gasteiger partial charge in [-0.15, -0.1) is 0 Å². The standard InChI is InChI=1S/C12H17NO/c1-3-12(2)7-6-9-8-10(14)4-5-11(9)13-12/h4-5,8,13-14H,3,6-7H2,1-2H3. The zero-order chi connectivity index (χ0) is 10.2. The molecule has 0 aliphatic carbocycles. The number of benzene rings is 1. The molecule has 1 heterocycles. The van der Waals surface area contributed by atoms with E-state index in [1.165, 1.54) is 11.3 Å². The first kappa shape index (κ1) is 9.38. The molecule has 1 aliphatic rings. The van der Waals surface area contributed by atoms with E-state index in [0.717, 1.165) is 19.3 Å². The predicted molar refractivity (Wildman–Crippen MR) is 58.7 cm³/mol. The van der Waals surface area contributed by atoms with Gasteiger partial charge in [0.05, 0.1) is 0 Å². The Kier molecular flexibility index (Phi) is 2.14. The summed E-state index contributed by atoms with van der Waals surface area (Å²) in [5, 5.41) is 12.9. The number of fused-ring (bicyclic) bond motifs is 1. The molecule has 2 N–H and O–H groups in total. The van der Waals surface area contributed by atoms with Crippen LogP contribution in [0.4, 0.5) is 5.69 Å². The summed E-state index contributed by atoms with van der Waals surface area (Å²) in [7, 11) is 0. The van der Waals surface area contributed by atoms with Gasteiger partial charge >= 0.3 is 0 Å². The number of hydrogen-bond donors (Lipinski definition) is 2. The van der Waals surface area contributed by atoms with Crippen molar-refractivity contribution in [2.75, 3.05) is 5.32 Å². The van der Waals surface area contributed by atoms with E-state index in [2.05, 4.69) is 19.2 Å². The Morgan fingerprint density at radius 1 is 1.50 bits per heavy atom. The molecule has 2 nitrogen and oxygen atoms in total. The number of nitrogens with one attached hydrogen (secondary N) is 1. The number of hydrogen-bond acceptors (Lipinski definition) is 2. The van der Waals surface area contributed by atoms with Gasteiger partial charge in [-0.2, -0.15) is 0 Å². The first-order valence-electron chi connectivity index (χ1n) is 5.23. The highest BCUT2D eigenvalue weighted by molar-refractivity contribution is 5.57. The second-order valence-corrected chi connectivity index (χ2v) is 4.38. The van der Waals surface area contributed by atoms with Gasteiger partial charge in [-0.25, -0.2) is 0 Å². The molecule has 0 spiro atoms. The van der Waals surface area contributed by atoms with Crippen molar-refractivity contribution < 1.29 is 5.11 Å². The van der Waals surface area contributed by atoms with E-state index in [4.69, 9.17) is 0 Å². The molecule has 76 valence electrons. The summed E-state index contributed by atoms with van der Waals surface area (Å²) in [5.74, 6) is 0.366. The van der Waals surface area contributed by atoms with Crippen LogP contribution >= 0.6 is 0 Å². The van der Waals surface area contributed by atoms with Crippen LogP contribution in [0, 0.1) is 0 Å². The van der Waals surface area contributed by atoms with Crippen molar-refractivity contribution in [3.63, 3.8) is 0 Å². The second-order valence-electron chi connectivity index (χ2n) is 4.38. The van der Waals surface area contributed by atoms with Gasteiger partial charge in [-0.05, 0) is 49.9 Å². The molecule has 0 amide bonds. The van der Waals surface area contributed by atoms with Crippen molar-refractivity contribution in [3.05, 3.63) is 23.8 Å². The fourth-order valence-electron chi connectivity index (χ4n) is 1.97. The molecule has 2 heteroatoms. The highest BCUT2D eigenvalue weighted by Gasteiger charge is 2.26. The number of aryl methyl sites for hydroxylation is 1. The predicted octanol–water partition coefficient (Wildman–Crippen LogP) is 2.92. The third-order valence-corrected chi connectivity index (χ3v) is 3.25. The maximum absolute atomic E-state index is 9.35. The summed E-state index contributed by atoms with van der Waals surface area (Å²) < 4.78 is 0. The van der Waals surface area contributed by atoms with Crippen LogP contribution in [0.1, 0.15) is 32.3 Å². The van der Waals surface area contributed by atoms with Crippen molar-refractivity contribution in [2.24, 2.45) is 0 Å². The Hall–Kier alpha value is -1.18. The Morgan fingerprint density at radius 2 is 2.29 bits per heavy atom. The lowest BCUT2D eigenvalue weighted by molar-refractivity contribution is 0.440. The zero-order valence-electron chi connectivity index (χ0n) is 8.80. The molecule has 0 bridgehead atoms. The molecule has 0 aromatic heterocycles. The monoisotopic (exact) mass is 191 g/mol. The molecule has 2 rings (SSSR count). The van der Waals surface area contributed by atoms with Gasteiger partial charge in [0.1, 0.15) is 5.75 Å². The topological polar surface area (TPSA) is 32.3 Å². The molecule has 1 aromatic rings. The number of phenols is 1. The molecule has 1 unspecified atom stereocenters. The highest BCUT2D eigenvalue weighted by atomic mass is 16.3. The van der Waals surface area contributed by atoms with Crippen molar-refractivity contribution in [1.82, 2.24) is 0 Å². The average molecular weight is 191 g/mol. The number of rotatable bonds is 1. The molecule has 0 radical (unpaired) electrons. The molecule has 14 heavy (non-hydrogen) atoms.